The van der Waals surface area contributed by atoms with Gasteiger partial charge in [0.1, 0.15) is 0 Å². The van der Waals surface area contributed by atoms with Crippen molar-refractivity contribution in [3.8, 4) is 0 Å². The molecular formula is C18H20O2. The van der Waals surface area contributed by atoms with Crippen LogP contribution >= 0.6 is 0 Å². The van der Waals surface area contributed by atoms with Crippen LogP contribution in [0.15, 0.2) is 42.5 Å². The molecule has 0 radical (unpaired) electrons. The summed E-state index contributed by atoms with van der Waals surface area (Å²) in [6, 6.07) is 14.4. The van der Waals surface area contributed by atoms with E-state index < -0.39 is 11.9 Å². The van der Waals surface area contributed by atoms with Gasteiger partial charge in [0.15, 0.2) is 0 Å². The minimum Gasteiger partial charge on any atom is -0.481 e. The van der Waals surface area contributed by atoms with Gasteiger partial charge in [-0.3, -0.25) is 4.79 Å². The van der Waals surface area contributed by atoms with Gasteiger partial charge in [-0.15, -0.1) is 0 Å². The summed E-state index contributed by atoms with van der Waals surface area (Å²) in [7, 11) is 0. The zero-order valence-electron chi connectivity index (χ0n) is 12.2. The van der Waals surface area contributed by atoms with Crippen LogP contribution in [0.1, 0.15) is 40.7 Å². The first-order chi connectivity index (χ1) is 9.47. The first-order valence-electron chi connectivity index (χ1n) is 6.85. The molecule has 0 saturated heterocycles. The van der Waals surface area contributed by atoms with Crippen molar-refractivity contribution in [2.24, 2.45) is 0 Å². The summed E-state index contributed by atoms with van der Waals surface area (Å²) in [6.07, 6.45) is 0.878. The van der Waals surface area contributed by atoms with Crippen molar-refractivity contribution < 1.29 is 9.90 Å². The molecule has 0 spiro atoms. The van der Waals surface area contributed by atoms with Gasteiger partial charge in [0.05, 0.1) is 5.92 Å². The van der Waals surface area contributed by atoms with Gasteiger partial charge in [0, 0.05) is 0 Å². The van der Waals surface area contributed by atoms with E-state index in [1.54, 1.807) is 6.92 Å². The lowest BCUT2D eigenvalue weighted by molar-refractivity contribution is -0.138. The van der Waals surface area contributed by atoms with Gasteiger partial charge in [0.25, 0.3) is 0 Å². The Kier molecular flexibility index (Phi) is 4.23. The molecule has 1 N–H and O–H groups in total. The minimum atomic E-state index is -0.785. The number of carboxylic acid groups (broad SMARTS) is 1. The van der Waals surface area contributed by atoms with Crippen molar-refractivity contribution in [2.75, 3.05) is 0 Å². The maximum atomic E-state index is 10.9. The lowest BCUT2D eigenvalue weighted by Gasteiger charge is -2.09. The number of carbonyl (C=O) groups is 1. The average molecular weight is 268 g/mol. The van der Waals surface area contributed by atoms with E-state index in [1.165, 1.54) is 22.3 Å². The molecule has 2 nitrogen and oxygen atoms in total. The summed E-state index contributed by atoms with van der Waals surface area (Å²) in [5.41, 5.74) is 5.95. The summed E-state index contributed by atoms with van der Waals surface area (Å²) in [5.74, 6) is -1.24. The summed E-state index contributed by atoms with van der Waals surface area (Å²) in [6.45, 7) is 5.94. The van der Waals surface area contributed by atoms with E-state index in [2.05, 4.69) is 32.0 Å². The molecule has 0 saturated carbocycles. The maximum Gasteiger partial charge on any atom is 0.310 e. The van der Waals surface area contributed by atoms with Crippen LogP contribution in [0.3, 0.4) is 0 Å². The lowest BCUT2D eigenvalue weighted by Crippen LogP contribution is -2.07. The number of hydrogen-bond acceptors (Lipinski definition) is 1. The predicted octanol–water partition coefficient (Wildman–Crippen LogP) is 4.08. The number of carboxylic acids is 1. The Balaban J connectivity index is 2.14. The van der Waals surface area contributed by atoms with Gasteiger partial charge in [0.2, 0.25) is 0 Å². The number of aryl methyl sites for hydroxylation is 2. The van der Waals surface area contributed by atoms with Crippen LogP contribution < -0.4 is 0 Å². The van der Waals surface area contributed by atoms with E-state index in [0.29, 0.717) is 0 Å². The SMILES string of the molecule is Cc1ccc(Cc2ccc(C(C)C(=O)O)cc2)cc1C. The fourth-order valence-corrected chi connectivity index (χ4v) is 2.22. The van der Waals surface area contributed by atoms with Crippen molar-refractivity contribution in [1.82, 2.24) is 0 Å². The highest BCUT2D eigenvalue weighted by Crippen LogP contribution is 2.18. The van der Waals surface area contributed by atoms with Crippen LogP contribution in [0.4, 0.5) is 0 Å². The number of benzene rings is 2. The molecule has 0 fully saturated rings. The highest BCUT2D eigenvalue weighted by atomic mass is 16.4. The van der Waals surface area contributed by atoms with Crippen LogP contribution in [-0.2, 0) is 11.2 Å². The molecule has 2 aromatic rings. The molecule has 0 aliphatic carbocycles. The Morgan fingerprint density at radius 2 is 1.60 bits per heavy atom. The van der Waals surface area contributed by atoms with Gasteiger partial charge in [-0.05, 0) is 55.0 Å². The zero-order chi connectivity index (χ0) is 14.7. The van der Waals surface area contributed by atoms with E-state index in [4.69, 9.17) is 5.11 Å². The largest absolute Gasteiger partial charge is 0.481 e. The second-order valence-corrected chi connectivity index (χ2v) is 5.40. The second-order valence-electron chi connectivity index (χ2n) is 5.40. The normalized spacial score (nSPS) is 12.2. The Bertz CT molecular complexity index is 612. The predicted molar refractivity (Wildman–Crippen MR) is 81.2 cm³/mol. The molecular weight excluding hydrogens is 248 g/mol. The highest BCUT2D eigenvalue weighted by molar-refractivity contribution is 5.75. The molecule has 1 atom stereocenters. The van der Waals surface area contributed by atoms with Crippen molar-refractivity contribution >= 4 is 5.97 Å². The average Bonchev–Trinajstić information content (AvgIpc) is 2.43. The molecule has 0 aliphatic heterocycles. The third kappa shape index (κ3) is 3.27. The first kappa shape index (κ1) is 14.3. The van der Waals surface area contributed by atoms with E-state index in [9.17, 15) is 4.79 Å². The first-order valence-corrected chi connectivity index (χ1v) is 6.85. The van der Waals surface area contributed by atoms with Crippen molar-refractivity contribution in [3.63, 3.8) is 0 Å². The van der Waals surface area contributed by atoms with Crippen molar-refractivity contribution in [3.05, 3.63) is 70.3 Å². The molecule has 0 aromatic heterocycles. The number of rotatable bonds is 4. The summed E-state index contributed by atoms with van der Waals surface area (Å²) in [4.78, 5) is 10.9. The monoisotopic (exact) mass is 268 g/mol. The molecule has 0 bridgehead atoms. The Morgan fingerprint density at radius 3 is 2.15 bits per heavy atom. The Morgan fingerprint density at radius 1 is 1.00 bits per heavy atom. The van der Waals surface area contributed by atoms with Crippen LogP contribution in [0.2, 0.25) is 0 Å². The fraction of sp³-hybridized carbons (Fsp3) is 0.278. The van der Waals surface area contributed by atoms with Crippen LogP contribution in [0.5, 0.6) is 0 Å². The fourth-order valence-electron chi connectivity index (χ4n) is 2.22. The van der Waals surface area contributed by atoms with Crippen LogP contribution in [0, 0.1) is 13.8 Å². The smallest absolute Gasteiger partial charge is 0.310 e. The number of aliphatic carboxylic acids is 1. The van der Waals surface area contributed by atoms with Gasteiger partial charge in [-0.2, -0.15) is 0 Å². The zero-order valence-corrected chi connectivity index (χ0v) is 12.2. The third-order valence-corrected chi connectivity index (χ3v) is 3.83. The van der Waals surface area contributed by atoms with Gasteiger partial charge >= 0.3 is 5.97 Å². The Labute approximate surface area is 120 Å². The molecule has 2 rings (SSSR count). The maximum absolute atomic E-state index is 10.9. The van der Waals surface area contributed by atoms with Crippen LogP contribution in [-0.4, -0.2) is 11.1 Å². The van der Waals surface area contributed by atoms with E-state index >= 15 is 0 Å². The molecule has 20 heavy (non-hydrogen) atoms. The van der Waals surface area contributed by atoms with Gasteiger partial charge < -0.3 is 5.11 Å². The minimum absolute atomic E-state index is 0.453. The molecule has 2 aromatic carbocycles. The molecule has 1 unspecified atom stereocenters. The second kappa shape index (κ2) is 5.91. The van der Waals surface area contributed by atoms with E-state index in [1.807, 2.05) is 24.3 Å². The molecule has 0 amide bonds. The molecule has 104 valence electrons. The topological polar surface area (TPSA) is 37.3 Å². The summed E-state index contributed by atoms with van der Waals surface area (Å²) >= 11 is 0. The van der Waals surface area contributed by atoms with E-state index in [-0.39, 0.29) is 0 Å². The standard InChI is InChI=1S/C18H20O2/c1-12-4-5-16(10-13(12)2)11-15-6-8-17(9-7-15)14(3)18(19)20/h4-10,14H,11H2,1-3H3,(H,19,20). The third-order valence-electron chi connectivity index (χ3n) is 3.83. The summed E-state index contributed by atoms with van der Waals surface area (Å²) in [5, 5.41) is 9.00. The molecule has 0 heterocycles. The van der Waals surface area contributed by atoms with Gasteiger partial charge in [-0.1, -0.05) is 42.5 Å². The quantitative estimate of drug-likeness (QED) is 0.907. The molecule has 0 aliphatic rings. The highest BCUT2D eigenvalue weighted by Gasteiger charge is 2.12. The Hall–Kier alpha value is -2.09. The molecule has 2 heteroatoms. The van der Waals surface area contributed by atoms with Crippen molar-refractivity contribution in [1.29, 1.82) is 0 Å². The summed E-state index contributed by atoms with van der Waals surface area (Å²) < 4.78 is 0. The lowest BCUT2D eigenvalue weighted by atomic mass is 9.96. The number of hydrogen-bond donors (Lipinski definition) is 1. The van der Waals surface area contributed by atoms with Crippen LogP contribution in [0.25, 0.3) is 0 Å². The van der Waals surface area contributed by atoms with E-state index in [0.717, 1.165) is 12.0 Å². The van der Waals surface area contributed by atoms with Gasteiger partial charge in [-0.25, -0.2) is 0 Å². The van der Waals surface area contributed by atoms with Crippen molar-refractivity contribution in [2.45, 2.75) is 33.1 Å².